The zero-order valence-corrected chi connectivity index (χ0v) is 9.49. The first-order valence-electron chi connectivity index (χ1n) is 4.65. The Hall–Kier alpha value is -0.260. The number of unbranched alkanes of at least 4 members (excludes halogenated alkanes) is 1. The van der Waals surface area contributed by atoms with Crippen molar-refractivity contribution < 1.29 is 23.3 Å². The Kier molecular flexibility index (Phi) is 6.96. The van der Waals surface area contributed by atoms with Crippen molar-refractivity contribution in [1.82, 2.24) is 0 Å². The van der Waals surface area contributed by atoms with Crippen LogP contribution in [0, 0.1) is 0 Å². The molecule has 0 bridgehead atoms. The Morgan fingerprint density at radius 1 is 1.67 bits per heavy atom. The summed E-state index contributed by atoms with van der Waals surface area (Å²) in [7, 11) is -4.51. The number of rotatable bonds is 7. The van der Waals surface area contributed by atoms with E-state index in [1.54, 1.807) is 0 Å². The van der Waals surface area contributed by atoms with E-state index in [1.165, 1.54) is 6.08 Å². The second-order valence-electron chi connectivity index (χ2n) is 3.19. The summed E-state index contributed by atoms with van der Waals surface area (Å²) in [5.74, 6) is -0.376. The van der Waals surface area contributed by atoms with Crippen molar-refractivity contribution in [3.05, 3.63) is 11.9 Å². The highest BCUT2D eigenvalue weighted by atomic mass is 31.2. The first kappa shape index (κ1) is 14.7. The molecule has 0 fully saturated rings. The third-order valence-electron chi connectivity index (χ3n) is 1.57. The lowest BCUT2D eigenvalue weighted by molar-refractivity contribution is 0.184. The fourth-order valence-electron chi connectivity index (χ4n) is 0.887. The van der Waals surface area contributed by atoms with E-state index in [2.05, 4.69) is 4.52 Å². The van der Waals surface area contributed by atoms with E-state index in [9.17, 15) is 8.96 Å². The molecule has 0 amide bonds. The van der Waals surface area contributed by atoms with Gasteiger partial charge in [-0.25, -0.2) is 8.96 Å². The van der Waals surface area contributed by atoms with E-state index in [1.807, 2.05) is 6.92 Å². The summed E-state index contributed by atoms with van der Waals surface area (Å²) < 4.78 is 27.4. The maximum atomic E-state index is 13.0. The number of allylic oxidation sites excluding steroid dienone is 1. The first-order valence-corrected chi connectivity index (χ1v) is 6.18. The second kappa shape index (κ2) is 7.09. The number of halogens is 1. The lowest BCUT2D eigenvalue weighted by Crippen LogP contribution is -2.25. The smallest absolute Gasteiger partial charge is 0.325 e. The molecule has 0 spiro atoms. The summed E-state index contributed by atoms with van der Waals surface area (Å²) in [5.41, 5.74) is 5.40. The summed E-state index contributed by atoms with van der Waals surface area (Å²) in [6.07, 6.45) is 2.80. The molecule has 1 atom stereocenters. The molecule has 90 valence electrons. The van der Waals surface area contributed by atoms with Crippen LogP contribution in [0.4, 0.5) is 4.39 Å². The molecule has 0 saturated carbocycles. The van der Waals surface area contributed by atoms with Gasteiger partial charge in [-0.3, -0.25) is 4.52 Å². The Morgan fingerprint density at radius 3 is 2.73 bits per heavy atom. The van der Waals surface area contributed by atoms with E-state index in [4.69, 9.17) is 15.5 Å². The Morgan fingerprint density at radius 2 is 2.27 bits per heavy atom. The summed E-state index contributed by atoms with van der Waals surface area (Å²) in [5, 5.41) is 0. The van der Waals surface area contributed by atoms with E-state index >= 15 is 0 Å². The number of hydrogen-bond donors (Lipinski definition) is 3. The molecule has 0 heterocycles. The number of hydrogen-bond acceptors (Lipinski definition) is 3. The minimum absolute atomic E-state index is 0.0694. The monoisotopic (exact) mass is 241 g/mol. The molecule has 0 aliphatic heterocycles. The Balaban J connectivity index is 3.83. The van der Waals surface area contributed by atoms with Gasteiger partial charge in [0.2, 0.25) is 0 Å². The maximum absolute atomic E-state index is 13.0. The molecule has 0 aromatic heterocycles. The highest BCUT2D eigenvalue weighted by molar-refractivity contribution is 7.46. The molecule has 0 aliphatic carbocycles. The molecule has 15 heavy (non-hydrogen) atoms. The van der Waals surface area contributed by atoms with Gasteiger partial charge in [-0.2, -0.15) is 0 Å². The molecule has 4 N–H and O–H groups in total. The van der Waals surface area contributed by atoms with Crippen LogP contribution in [0.15, 0.2) is 11.9 Å². The predicted molar refractivity (Wildman–Crippen MR) is 54.7 cm³/mol. The first-order chi connectivity index (χ1) is 6.85. The predicted octanol–water partition coefficient (Wildman–Crippen LogP) is 1.47. The van der Waals surface area contributed by atoms with E-state index < -0.39 is 13.9 Å². The van der Waals surface area contributed by atoms with Crippen molar-refractivity contribution in [2.75, 3.05) is 6.61 Å². The van der Waals surface area contributed by atoms with Gasteiger partial charge < -0.3 is 15.5 Å². The van der Waals surface area contributed by atoms with Gasteiger partial charge in [-0.15, -0.1) is 0 Å². The van der Waals surface area contributed by atoms with Crippen molar-refractivity contribution in [3.63, 3.8) is 0 Å². The number of phosphoric acid groups is 1. The summed E-state index contributed by atoms with van der Waals surface area (Å²) >= 11 is 0. The average molecular weight is 241 g/mol. The van der Waals surface area contributed by atoms with Crippen molar-refractivity contribution in [3.8, 4) is 0 Å². The largest absolute Gasteiger partial charge is 0.469 e. The molecule has 7 heteroatoms. The third kappa shape index (κ3) is 10.0. The topological polar surface area (TPSA) is 92.8 Å². The summed E-state index contributed by atoms with van der Waals surface area (Å²) in [6.45, 7) is 1.55. The molecule has 0 radical (unpaired) electrons. The minimum atomic E-state index is -4.51. The average Bonchev–Trinajstić information content (AvgIpc) is 2.10. The minimum Gasteiger partial charge on any atom is -0.325 e. The molecule has 0 aromatic carbocycles. The Labute approximate surface area is 88.4 Å². The van der Waals surface area contributed by atoms with Crippen LogP contribution in [0.2, 0.25) is 0 Å². The van der Waals surface area contributed by atoms with E-state index in [0.29, 0.717) is 6.42 Å². The van der Waals surface area contributed by atoms with Gasteiger partial charge >= 0.3 is 7.82 Å². The van der Waals surface area contributed by atoms with Crippen LogP contribution >= 0.6 is 7.82 Å². The zero-order valence-electron chi connectivity index (χ0n) is 8.60. The van der Waals surface area contributed by atoms with Crippen molar-refractivity contribution in [1.29, 1.82) is 0 Å². The van der Waals surface area contributed by atoms with Crippen molar-refractivity contribution in [2.24, 2.45) is 5.73 Å². The fourth-order valence-corrected chi connectivity index (χ4v) is 1.27. The molecular formula is C8H17FNO4P. The highest BCUT2D eigenvalue weighted by Crippen LogP contribution is 2.35. The van der Waals surface area contributed by atoms with Crippen LogP contribution in [0.1, 0.15) is 26.2 Å². The molecule has 0 aliphatic rings. The zero-order chi connectivity index (χ0) is 11.9. The van der Waals surface area contributed by atoms with Gasteiger partial charge in [-0.1, -0.05) is 19.4 Å². The molecule has 0 rings (SSSR count). The van der Waals surface area contributed by atoms with Crippen molar-refractivity contribution >= 4 is 7.82 Å². The fraction of sp³-hybridized carbons (Fsp3) is 0.750. The lowest BCUT2D eigenvalue weighted by atomic mass is 10.2. The van der Waals surface area contributed by atoms with E-state index in [-0.39, 0.29) is 18.9 Å². The quantitative estimate of drug-likeness (QED) is 0.587. The van der Waals surface area contributed by atoms with Crippen LogP contribution < -0.4 is 5.73 Å². The van der Waals surface area contributed by atoms with Gasteiger partial charge in [0.15, 0.2) is 0 Å². The molecular weight excluding hydrogens is 224 g/mol. The van der Waals surface area contributed by atoms with Crippen molar-refractivity contribution in [2.45, 2.75) is 32.2 Å². The van der Waals surface area contributed by atoms with Gasteiger partial charge in [0.1, 0.15) is 0 Å². The van der Waals surface area contributed by atoms with E-state index in [0.717, 1.165) is 6.42 Å². The number of phosphoric ester groups is 1. The van der Waals surface area contributed by atoms with Crippen LogP contribution in [0.5, 0.6) is 0 Å². The van der Waals surface area contributed by atoms with Gasteiger partial charge in [0, 0.05) is 12.5 Å². The SMILES string of the molecule is CCCC=C(F)CC(N)COP(=O)(O)O. The lowest BCUT2D eigenvalue weighted by Gasteiger charge is -2.11. The van der Waals surface area contributed by atoms with Crippen LogP contribution in [0.25, 0.3) is 0 Å². The highest BCUT2D eigenvalue weighted by Gasteiger charge is 2.16. The summed E-state index contributed by atoms with van der Waals surface area (Å²) in [4.78, 5) is 16.7. The standard InChI is InChI=1S/C8H17FNO4P/c1-2-3-4-7(9)5-8(10)6-14-15(11,12)13/h4,8H,2-3,5-6,10H2,1H3,(H2,11,12,13). The summed E-state index contributed by atoms with van der Waals surface area (Å²) in [6, 6.07) is -0.745. The van der Waals surface area contributed by atoms with Gasteiger partial charge in [0.25, 0.3) is 0 Å². The normalized spacial score (nSPS) is 15.4. The third-order valence-corrected chi connectivity index (χ3v) is 2.05. The van der Waals surface area contributed by atoms with Crippen LogP contribution in [0.3, 0.4) is 0 Å². The Bertz CT molecular complexity index is 253. The second-order valence-corrected chi connectivity index (χ2v) is 4.43. The van der Waals surface area contributed by atoms with Crippen LogP contribution in [-0.4, -0.2) is 22.4 Å². The molecule has 5 nitrogen and oxygen atoms in total. The van der Waals surface area contributed by atoms with Gasteiger partial charge in [0.05, 0.1) is 12.4 Å². The molecule has 0 saturated heterocycles. The van der Waals surface area contributed by atoms with Gasteiger partial charge in [-0.05, 0) is 6.42 Å². The number of nitrogens with two attached hydrogens (primary N) is 1. The molecule has 0 aromatic rings. The molecule has 1 unspecified atom stereocenters. The van der Waals surface area contributed by atoms with Crippen LogP contribution in [-0.2, 0) is 9.09 Å². The maximum Gasteiger partial charge on any atom is 0.469 e.